The summed E-state index contributed by atoms with van der Waals surface area (Å²) in [7, 11) is -3.43. The fourth-order valence-electron chi connectivity index (χ4n) is 1.37. The first kappa shape index (κ1) is 12.9. The Balaban J connectivity index is 2.25. The van der Waals surface area contributed by atoms with Crippen molar-refractivity contribution < 1.29 is 8.42 Å². The molecule has 0 spiro atoms. The fraction of sp³-hybridized carbons (Fsp3) is 0.200. The molecule has 2 aromatic rings. The van der Waals surface area contributed by atoms with E-state index in [1.54, 1.807) is 36.7 Å². The number of aromatic nitrogens is 2. The molecule has 0 unspecified atom stereocenters. The Morgan fingerprint density at radius 2 is 2.22 bits per heavy atom. The summed E-state index contributed by atoms with van der Waals surface area (Å²) >= 11 is 1.34. The maximum Gasteiger partial charge on any atom is 0.240 e. The molecule has 0 amide bonds. The highest BCUT2D eigenvalue weighted by Gasteiger charge is 2.12. The van der Waals surface area contributed by atoms with Crippen molar-refractivity contribution in [2.75, 3.05) is 11.9 Å². The number of rotatable bonds is 5. The molecular weight excluding hydrogens is 272 g/mol. The summed E-state index contributed by atoms with van der Waals surface area (Å²) in [6, 6.07) is 6.54. The second-order valence-corrected chi connectivity index (χ2v) is 6.00. The monoisotopic (exact) mass is 284 g/mol. The van der Waals surface area contributed by atoms with Gasteiger partial charge in [-0.15, -0.1) is 10.2 Å². The van der Waals surface area contributed by atoms with Gasteiger partial charge in [0.25, 0.3) is 0 Å². The summed E-state index contributed by atoms with van der Waals surface area (Å²) in [5, 5.41) is 11.1. The van der Waals surface area contributed by atoms with Crippen LogP contribution in [0, 0.1) is 0 Å². The number of sulfonamides is 1. The average molecular weight is 284 g/mol. The van der Waals surface area contributed by atoms with Crippen LogP contribution in [-0.4, -0.2) is 25.2 Å². The van der Waals surface area contributed by atoms with E-state index < -0.39 is 10.0 Å². The first-order chi connectivity index (χ1) is 8.62. The standard InChI is InChI=1S/C10H12N4O2S2/c1-2-12-18(15,16)9-5-3-4-8(6-9)13-10-14-11-7-17-10/h3-7,12H,2H2,1H3,(H,13,14). The average Bonchev–Trinajstić information content (AvgIpc) is 2.82. The lowest BCUT2D eigenvalue weighted by molar-refractivity contribution is 0.584. The van der Waals surface area contributed by atoms with E-state index in [0.29, 0.717) is 17.4 Å². The molecule has 0 saturated carbocycles. The number of hydrogen-bond acceptors (Lipinski definition) is 6. The summed E-state index contributed by atoms with van der Waals surface area (Å²) < 4.78 is 26.1. The van der Waals surface area contributed by atoms with Gasteiger partial charge in [-0.3, -0.25) is 0 Å². The molecule has 0 fully saturated rings. The van der Waals surface area contributed by atoms with E-state index in [-0.39, 0.29) is 4.90 Å². The molecule has 6 nitrogen and oxygen atoms in total. The Kier molecular flexibility index (Phi) is 3.90. The summed E-state index contributed by atoms with van der Waals surface area (Å²) in [5.41, 5.74) is 2.26. The minimum Gasteiger partial charge on any atom is -0.330 e. The molecule has 0 saturated heterocycles. The smallest absolute Gasteiger partial charge is 0.240 e. The fourth-order valence-corrected chi connectivity index (χ4v) is 2.92. The first-order valence-corrected chi connectivity index (χ1v) is 7.61. The van der Waals surface area contributed by atoms with E-state index >= 15 is 0 Å². The number of benzene rings is 1. The SMILES string of the molecule is CCNS(=O)(=O)c1cccc(Nc2nncs2)c1. The molecule has 0 bridgehead atoms. The first-order valence-electron chi connectivity index (χ1n) is 5.25. The van der Waals surface area contributed by atoms with Gasteiger partial charge in [0.05, 0.1) is 4.90 Å². The maximum atomic E-state index is 11.8. The zero-order valence-electron chi connectivity index (χ0n) is 9.62. The van der Waals surface area contributed by atoms with Crippen LogP contribution in [0.25, 0.3) is 0 Å². The Morgan fingerprint density at radius 3 is 2.89 bits per heavy atom. The van der Waals surface area contributed by atoms with Gasteiger partial charge in [0.1, 0.15) is 5.51 Å². The van der Waals surface area contributed by atoms with Crippen molar-refractivity contribution in [2.45, 2.75) is 11.8 Å². The van der Waals surface area contributed by atoms with Gasteiger partial charge < -0.3 is 5.32 Å². The van der Waals surface area contributed by atoms with Crippen molar-refractivity contribution in [3.05, 3.63) is 29.8 Å². The zero-order valence-corrected chi connectivity index (χ0v) is 11.3. The predicted molar refractivity (Wildman–Crippen MR) is 70.5 cm³/mol. The minimum absolute atomic E-state index is 0.221. The number of nitrogens with one attached hydrogen (secondary N) is 2. The molecule has 2 N–H and O–H groups in total. The van der Waals surface area contributed by atoms with Crippen LogP contribution >= 0.6 is 11.3 Å². The molecule has 96 valence electrons. The molecule has 0 aliphatic heterocycles. The van der Waals surface area contributed by atoms with Crippen LogP contribution in [-0.2, 0) is 10.0 Å². The Bertz CT molecular complexity index is 611. The minimum atomic E-state index is -3.43. The van der Waals surface area contributed by atoms with E-state index in [9.17, 15) is 8.42 Å². The Hall–Kier alpha value is -1.51. The summed E-state index contributed by atoms with van der Waals surface area (Å²) in [6.45, 7) is 2.09. The molecule has 0 aliphatic rings. The molecule has 1 aromatic heterocycles. The Morgan fingerprint density at radius 1 is 1.39 bits per heavy atom. The third kappa shape index (κ3) is 3.03. The summed E-state index contributed by atoms with van der Waals surface area (Å²) in [6.07, 6.45) is 0. The van der Waals surface area contributed by atoms with Gasteiger partial charge in [-0.25, -0.2) is 13.1 Å². The highest BCUT2D eigenvalue weighted by atomic mass is 32.2. The largest absolute Gasteiger partial charge is 0.330 e. The van der Waals surface area contributed by atoms with Crippen molar-refractivity contribution >= 4 is 32.2 Å². The summed E-state index contributed by atoms with van der Waals surface area (Å²) in [5.74, 6) is 0. The van der Waals surface area contributed by atoms with Crippen LogP contribution in [0.3, 0.4) is 0 Å². The van der Waals surface area contributed by atoms with Crippen molar-refractivity contribution in [3.63, 3.8) is 0 Å². The van der Waals surface area contributed by atoms with Crippen LogP contribution in [0.4, 0.5) is 10.8 Å². The van der Waals surface area contributed by atoms with E-state index in [1.165, 1.54) is 11.3 Å². The molecule has 1 aromatic carbocycles. The highest BCUT2D eigenvalue weighted by molar-refractivity contribution is 7.89. The van der Waals surface area contributed by atoms with E-state index in [1.807, 2.05) is 0 Å². The van der Waals surface area contributed by atoms with Gasteiger partial charge in [0.2, 0.25) is 15.2 Å². The van der Waals surface area contributed by atoms with Crippen molar-refractivity contribution in [1.82, 2.24) is 14.9 Å². The lowest BCUT2D eigenvalue weighted by Crippen LogP contribution is -2.23. The highest BCUT2D eigenvalue weighted by Crippen LogP contribution is 2.20. The molecule has 0 aliphatic carbocycles. The lowest BCUT2D eigenvalue weighted by atomic mass is 10.3. The number of nitrogens with zero attached hydrogens (tertiary/aromatic N) is 2. The van der Waals surface area contributed by atoms with Gasteiger partial charge in [-0.05, 0) is 18.2 Å². The van der Waals surface area contributed by atoms with Gasteiger partial charge in [0.15, 0.2) is 0 Å². The summed E-state index contributed by atoms with van der Waals surface area (Å²) in [4.78, 5) is 0.221. The van der Waals surface area contributed by atoms with E-state index in [0.717, 1.165) is 0 Å². The van der Waals surface area contributed by atoms with Gasteiger partial charge in [-0.1, -0.05) is 24.3 Å². The molecule has 18 heavy (non-hydrogen) atoms. The van der Waals surface area contributed by atoms with Crippen molar-refractivity contribution in [2.24, 2.45) is 0 Å². The molecule has 8 heteroatoms. The van der Waals surface area contributed by atoms with E-state index in [4.69, 9.17) is 0 Å². The third-order valence-electron chi connectivity index (χ3n) is 2.09. The Labute approximate surface area is 109 Å². The predicted octanol–water partition coefficient (Wildman–Crippen LogP) is 1.58. The topological polar surface area (TPSA) is 84.0 Å². The van der Waals surface area contributed by atoms with Crippen LogP contribution in [0.5, 0.6) is 0 Å². The van der Waals surface area contributed by atoms with Crippen LogP contribution < -0.4 is 10.0 Å². The van der Waals surface area contributed by atoms with E-state index in [2.05, 4.69) is 20.2 Å². The second-order valence-electron chi connectivity index (χ2n) is 3.40. The van der Waals surface area contributed by atoms with Crippen LogP contribution in [0.1, 0.15) is 6.92 Å². The second kappa shape index (κ2) is 5.42. The zero-order chi connectivity index (χ0) is 13.0. The molecule has 2 rings (SSSR count). The molecular formula is C10H12N4O2S2. The van der Waals surface area contributed by atoms with Crippen LogP contribution in [0.2, 0.25) is 0 Å². The molecule has 0 radical (unpaired) electrons. The lowest BCUT2D eigenvalue weighted by Gasteiger charge is -2.07. The van der Waals surface area contributed by atoms with Gasteiger partial charge in [-0.2, -0.15) is 0 Å². The molecule has 1 heterocycles. The van der Waals surface area contributed by atoms with Crippen molar-refractivity contribution in [3.8, 4) is 0 Å². The van der Waals surface area contributed by atoms with Gasteiger partial charge in [0, 0.05) is 12.2 Å². The quantitative estimate of drug-likeness (QED) is 0.871. The van der Waals surface area contributed by atoms with Crippen LogP contribution in [0.15, 0.2) is 34.7 Å². The van der Waals surface area contributed by atoms with Crippen molar-refractivity contribution in [1.29, 1.82) is 0 Å². The number of hydrogen-bond donors (Lipinski definition) is 2. The third-order valence-corrected chi connectivity index (χ3v) is 4.24. The normalized spacial score (nSPS) is 11.4. The molecule has 0 atom stereocenters. The number of anilines is 2. The maximum absolute atomic E-state index is 11.8. The van der Waals surface area contributed by atoms with Gasteiger partial charge >= 0.3 is 0 Å².